The van der Waals surface area contributed by atoms with Gasteiger partial charge in [-0.3, -0.25) is 9.59 Å². The molecule has 1 saturated carbocycles. The van der Waals surface area contributed by atoms with Crippen molar-refractivity contribution in [3.63, 3.8) is 0 Å². The van der Waals surface area contributed by atoms with Crippen molar-refractivity contribution in [3.8, 4) is 0 Å². The van der Waals surface area contributed by atoms with Crippen LogP contribution in [-0.2, 0) is 17.6 Å². The van der Waals surface area contributed by atoms with Crippen LogP contribution in [0.3, 0.4) is 0 Å². The van der Waals surface area contributed by atoms with Gasteiger partial charge in [-0.15, -0.1) is 11.3 Å². The van der Waals surface area contributed by atoms with Crippen LogP contribution in [0.1, 0.15) is 59.4 Å². The number of carbonyl (C=O) groups is 2. The van der Waals surface area contributed by atoms with Gasteiger partial charge in [0.1, 0.15) is 0 Å². The first-order valence-corrected chi connectivity index (χ1v) is 8.56. The second-order valence-electron chi connectivity index (χ2n) is 5.89. The normalized spacial score (nSPS) is 20.7. The molecule has 0 spiro atoms. The minimum absolute atomic E-state index is 0.0385. The minimum atomic E-state index is -0.0385. The van der Waals surface area contributed by atoms with Crippen molar-refractivity contribution >= 4 is 23.2 Å². The number of aryl methyl sites for hydroxylation is 1. The van der Waals surface area contributed by atoms with Crippen LogP contribution >= 0.6 is 11.3 Å². The maximum absolute atomic E-state index is 12.0. The summed E-state index contributed by atoms with van der Waals surface area (Å²) in [4.78, 5) is 29.3. The van der Waals surface area contributed by atoms with Gasteiger partial charge < -0.3 is 10.6 Å². The second-order valence-corrected chi connectivity index (χ2v) is 6.98. The number of nitrogens with zero attached hydrogens (tertiary/aromatic N) is 1. The monoisotopic (exact) mass is 307 g/mol. The fourth-order valence-electron chi connectivity index (χ4n) is 2.60. The van der Waals surface area contributed by atoms with Gasteiger partial charge in [-0.25, -0.2) is 4.98 Å². The zero-order valence-corrected chi connectivity index (χ0v) is 13.1. The van der Waals surface area contributed by atoms with E-state index < -0.39 is 0 Å². The Bertz CT molecular complexity index is 551. The zero-order valence-electron chi connectivity index (χ0n) is 12.3. The Morgan fingerprint density at radius 1 is 1.24 bits per heavy atom. The average molecular weight is 307 g/mol. The molecule has 0 radical (unpaired) electrons. The topological polar surface area (TPSA) is 71.1 Å². The average Bonchev–Trinajstić information content (AvgIpc) is 3.15. The highest BCUT2D eigenvalue weighted by Crippen LogP contribution is 2.28. The van der Waals surface area contributed by atoms with Crippen molar-refractivity contribution in [2.75, 3.05) is 0 Å². The lowest BCUT2D eigenvalue weighted by Gasteiger charge is -2.22. The Balaban J connectivity index is 1.61. The van der Waals surface area contributed by atoms with Gasteiger partial charge in [-0.1, -0.05) is 6.92 Å². The maximum Gasteiger partial charge on any atom is 0.280 e. The molecule has 1 aromatic heterocycles. The van der Waals surface area contributed by atoms with Gasteiger partial charge in [-0.05, 0) is 32.1 Å². The standard InChI is InChI=1S/C15H21N3O2S/c1-2-3-13(19)16-10-6-7-11-12(8-10)21-15(18-11)14(20)17-9-4-5-9/h9-10H,2-8H2,1H3,(H,16,19)(H,17,20)/t10-/m0/s1. The summed E-state index contributed by atoms with van der Waals surface area (Å²) in [7, 11) is 0. The third kappa shape index (κ3) is 3.61. The molecule has 114 valence electrons. The summed E-state index contributed by atoms with van der Waals surface area (Å²) in [6, 6.07) is 0.552. The summed E-state index contributed by atoms with van der Waals surface area (Å²) < 4.78 is 0. The number of thiazole rings is 1. The molecule has 0 aromatic carbocycles. The van der Waals surface area contributed by atoms with E-state index in [0.29, 0.717) is 17.5 Å². The van der Waals surface area contributed by atoms with Crippen LogP contribution in [-0.4, -0.2) is 28.9 Å². The third-order valence-electron chi connectivity index (χ3n) is 3.89. The Hall–Kier alpha value is -1.43. The first kappa shape index (κ1) is 14.5. The highest BCUT2D eigenvalue weighted by molar-refractivity contribution is 7.13. The lowest BCUT2D eigenvalue weighted by Crippen LogP contribution is -2.38. The van der Waals surface area contributed by atoms with Gasteiger partial charge in [0.05, 0.1) is 5.69 Å². The molecule has 2 aliphatic carbocycles. The molecule has 5 nitrogen and oxygen atoms in total. The molecule has 1 heterocycles. The fraction of sp³-hybridized carbons (Fsp3) is 0.667. The Morgan fingerprint density at radius 3 is 2.76 bits per heavy atom. The summed E-state index contributed by atoms with van der Waals surface area (Å²) >= 11 is 1.48. The molecule has 6 heteroatoms. The third-order valence-corrected chi connectivity index (χ3v) is 5.01. The van der Waals surface area contributed by atoms with E-state index in [-0.39, 0.29) is 17.9 Å². The number of aromatic nitrogens is 1. The molecule has 0 aliphatic heterocycles. The van der Waals surface area contributed by atoms with E-state index in [2.05, 4.69) is 15.6 Å². The number of fused-ring (bicyclic) bond motifs is 1. The molecule has 0 saturated heterocycles. The molecule has 2 amide bonds. The van der Waals surface area contributed by atoms with Crippen molar-refractivity contribution in [2.24, 2.45) is 0 Å². The molecular formula is C15H21N3O2S. The summed E-state index contributed by atoms with van der Waals surface area (Å²) in [5.41, 5.74) is 1.04. The second kappa shape index (κ2) is 6.13. The van der Waals surface area contributed by atoms with Gasteiger partial charge in [0.15, 0.2) is 5.01 Å². The highest BCUT2D eigenvalue weighted by Gasteiger charge is 2.28. The summed E-state index contributed by atoms with van der Waals surface area (Å²) in [5.74, 6) is 0.0885. The lowest BCUT2D eigenvalue weighted by atomic mass is 9.97. The van der Waals surface area contributed by atoms with Crippen molar-refractivity contribution in [3.05, 3.63) is 15.6 Å². The molecule has 21 heavy (non-hydrogen) atoms. The van der Waals surface area contributed by atoms with E-state index in [4.69, 9.17) is 0 Å². The SMILES string of the molecule is CCCC(=O)N[C@H]1CCc2nc(C(=O)NC3CC3)sc2C1. The van der Waals surface area contributed by atoms with Gasteiger partial charge in [-0.2, -0.15) is 0 Å². The maximum atomic E-state index is 12.0. The number of hydrogen-bond donors (Lipinski definition) is 2. The van der Waals surface area contributed by atoms with Crippen molar-refractivity contribution in [1.29, 1.82) is 0 Å². The van der Waals surface area contributed by atoms with E-state index in [0.717, 1.165) is 49.1 Å². The number of carbonyl (C=O) groups excluding carboxylic acids is 2. The molecule has 1 fully saturated rings. The van der Waals surface area contributed by atoms with Crippen LogP contribution in [0.2, 0.25) is 0 Å². The van der Waals surface area contributed by atoms with Crippen LogP contribution in [0.5, 0.6) is 0 Å². The quantitative estimate of drug-likeness (QED) is 0.871. The molecule has 2 N–H and O–H groups in total. The molecule has 1 aromatic rings. The van der Waals surface area contributed by atoms with E-state index in [9.17, 15) is 9.59 Å². The van der Waals surface area contributed by atoms with Gasteiger partial charge in [0, 0.05) is 29.8 Å². The smallest absolute Gasteiger partial charge is 0.280 e. The minimum Gasteiger partial charge on any atom is -0.353 e. The fourth-order valence-corrected chi connectivity index (χ4v) is 3.69. The number of rotatable bonds is 5. The molecule has 2 aliphatic rings. The predicted octanol–water partition coefficient (Wildman–Crippen LogP) is 1.81. The van der Waals surface area contributed by atoms with Gasteiger partial charge in [0.2, 0.25) is 5.91 Å². The summed E-state index contributed by atoms with van der Waals surface area (Å²) in [5, 5.41) is 6.64. The first-order valence-electron chi connectivity index (χ1n) is 7.74. The van der Waals surface area contributed by atoms with E-state index >= 15 is 0 Å². The van der Waals surface area contributed by atoms with Crippen LogP contribution in [0.15, 0.2) is 0 Å². The van der Waals surface area contributed by atoms with Gasteiger partial charge in [0.25, 0.3) is 5.91 Å². The number of nitrogens with one attached hydrogen (secondary N) is 2. The lowest BCUT2D eigenvalue weighted by molar-refractivity contribution is -0.121. The van der Waals surface area contributed by atoms with E-state index in [1.165, 1.54) is 11.3 Å². The van der Waals surface area contributed by atoms with Gasteiger partial charge >= 0.3 is 0 Å². The van der Waals surface area contributed by atoms with Crippen LogP contribution in [0, 0.1) is 0 Å². The Kier molecular flexibility index (Phi) is 4.24. The summed E-state index contributed by atoms with van der Waals surface area (Å²) in [6.45, 7) is 2.01. The molecule has 1 atom stereocenters. The molecule has 0 bridgehead atoms. The zero-order chi connectivity index (χ0) is 14.8. The van der Waals surface area contributed by atoms with E-state index in [1.807, 2.05) is 6.92 Å². The van der Waals surface area contributed by atoms with Crippen molar-refractivity contribution in [2.45, 2.75) is 64.0 Å². The van der Waals surface area contributed by atoms with Crippen LogP contribution in [0.25, 0.3) is 0 Å². The van der Waals surface area contributed by atoms with E-state index in [1.54, 1.807) is 0 Å². The van der Waals surface area contributed by atoms with Crippen LogP contribution in [0.4, 0.5) is 0 Å². The predicted molar refractivity (Wildman–Crippen MR) is 81.5 cm³/mol. The first-order chi connectivity index (χ1) is 10.2. The summed E-state index contributed by atoms with van der Waals surface area (Å²) in [6.07, 6.45) is 6.19. The molecular weight excluding hydrogens is 286 g/mol. The highest BCUT2D eigenvalue weighted by atomic mass is 32.1. The molecule has 3 rings (SSSR count). The Morgan fingerprint density at radius 2 is 2.05 bits per heavy atom. The van der Waals surface area contributed by atoms with Crippen molar-refractivity contribution in [1.82, 2.24) is 15.6 Å². The molecule has 0 unspecified atom stereocenters. The van der Waals surface area contributed by atoms with Crippen molar-refractivity contribution < 1.29 is 9.59 Å². The number of hydrogen-bond acceptors (Lipinski definition) is 4. The Labute approximate surface area is 128 Å². The number of amides is 2. The van der Waals surface area contributed by atoms with Crippen LogP contribution < -0.4 is 10.6 Å². The largest absolute Gasteiger partial charge is 0.353 e.